The van der Waals surface area contributed by atoms with E-state index in [1.54, 1.807) is 6.20 Å². The van der Waals surface area contributed by atoms with Crippen molar-refractivity contribution >= 4 is 5.95 Å². The Hall–Kier alpha value is -1.03. The number of nitrogens with two attached hydrogens (primary N) is 2. The Morgan fingerprint density at radius 3 is 2.75 bits per heavy atom. The van der Waals surface area contributed by atoms with Crippen molar-refractivity contribution in [2.24, 2.45) is 5.73 Å². The molecular formula is C4H8N4. The predicted molar refractivity (Wildman–Crippen MR) is 30.9 cm³/mol. The summed E-state index contributed by atoms with van der Waals surface area (Å²) in [7, 11) is 0. The van der Waals surface area contributed by atoms with Crippen LogP contribution in [0.25, 0.3) is 0 Å². The first kappa shape index (κ1) is 5.11. The SMILES string of the molecule is NCc1cnc(N)[nH]1. The number of imidazole rings is 1. The fourth-order valence-corrected chi connectivity index (χ4v) is 0.480. The lowest BCUT2D eigenvalue weighted by molar-refractivity contribution is 1.01. The van der Waals surface area contributed by atoms with Gasteiger partial charge >= 0.3 is 0 Å². The fraction of sp³-hybridized carbons (Fsp3) is 0.250. The molecule has 5 N–H and O–H groups in total. The number of aromatic nitrogens is 2. The molecule has 1 aromatic heterocycles. The molecule has 1 heterocycles. The lowest BCUT2D eigenvalue weighted by Crippen LogP contribution is -1.96. The van der Waals surface area contributed by atoms with Gasteiger partial charge in [-0.25, -0.2) is 4.98 Å². The number of nitrogens with zero attached hydrogens (tertiary/aromatic N) is 1. The van der Waals surface area contributed by atoms with Gasteiger partial charge in [0.05, 0.1) is 6.20 Å². The number of nitrogens with one attached hydrogen (secondary N) is 1. The van der Waals surface area contributed by atoms with E-state index in [2.05, 4.69) is 9.97 Å². The standard InChI is InChI=1S/C4H8N4/c5-1-3-2-7-4(6)8-3/h2H,1,5H2,(H3,6,7,8). The number of hydrogen-bond acceptors (Lipinski definition) is 3. The summed E-state index contributed by atoms with van der Waals surface area (Å²) in [4.78, 5) is 6.50. The van der Waals surface area contributed by atoms with Crippen molar-refractivity contribution in [3.63, 3.8) is 0 Å². The average Bonchev–Trinajstić information content (AvgIpc) is 2.14. The molecule has 0 atom stereocenters. The van der Waals surface area contributed by atoms with Crippen molar-refractivity contribution in [1.29, 1.82) is 0 Å². The van der Waals surface area contributed by atoms with Crippen molar-refractivity contribution in [2.75, 3.05) is 5.73 Å². The third-order valence-corrected chi connectivity index (χ3v) is 0.868. The van der Waals surface area contributed by atoms with Gasteiger partial charge in [-0.2, -0.15) is 0 Å². The van der Waals surface area contributed by atoms with E-state index in [1.807, 2.05) is 0 Å². The maximum Gasteiger partial charge on any atom is 0.197 e. The van der Waals surface area contributed by atoms with Gasteiger partial charge in [-0.3, -0.25) is 0 Å². The van der Waals surface area contributed by atoms with Crippen LogP contribution in [0.4, 0.5) is 5.95 Å². The van der Waals surface area contributed by atoms with E-state index in [1.165, 1.54) is 0 Å². The second-order valence-corrected chi connectivity index (χ2v) is 1.50. The largest absolute Gasteiger partial charge is 0.369 e. The highest BCUT2D eigenvalue weighted by Gasteiger charge is 1.89. The van der Waals surface area contributed by atoms with Crippen LogP contribution in [-0.2, 0) is 6.54 Å². The molecule has 0 aromatic carbocycles. The van der Waals surface area contributed by atoms with E-state index in [0.29, 0.717) is 12.5 Å². The van der Waals surface area contributed by atoms with Crippen LogP contribution in [0.5, 0.6) is 0 Å². The number of H-pyrrole nitrogens is 1. The van der Waals surface area contributed by atoms with Gasteiger partial charge in [0.2, 0.25) is 0 Å². The first-order valence-electron chi connectivity index (χ1n) is 2.32. The summed E-state index contributed by atoms with van der Waals surface area (Å²) in [6.45, 7) is 0.462. The van der Waals surface area contributed by atoms with Crippen molar-refractivity contribution in [1.82, 2.24) is 9.97 Å². The Balaban J connectivity index is 2.84. The second kappa shape index (κ2) is 1.83. The highest BCUT2D eigenvalue weighted by Crippen LogP contribution is 1.93. The summed E-state index contributed by atoms with van der Waals surface area (Å²) < 4.78 is 0. The van der Waals surface area contributed by atoms with Gasteiger partial charge in [0, 0.05) is 12.2 Å². The molecular weight excluding hydrogens is 104 g/mol. The molecule has 0 saturated heterocycles. The normalized spacial score (nSPS) is 9.62. The number of hydrogen-bond donors (Lipinski definition) is 3. The maximum atomic E-state index is 5.24. The Labute approximate surface area is 46.9 Å². The lowest BCUT2D eigenvalue weighted by Gasteiger charge is -1.82. The molecule has 0 saturated carbocycles. The number of aromatic amines is 1. The van der Waals surface area contributed by atoms with Gasteiger partial charge in [0.15, 0.2) is 5.95 Å². The van der Waals surface area contributed by atoms with Crippen molar-refractivity contribution in [3.05, 3.63) is 11.9 Å². The third-order valence-electron chi connectivity index (χ3n) is 0.868. The number of rotatable bonds is 1. The quantitative estimate of drug-likeness (QED) is 0.456. The molecule has 0 bridgehead atoms. The first-order chi connectivity index (χ1) is 3.83. The number of anilines is 1. The molecule has 44 valence electrons. The van der Waals surface area contributed by atoms with Gasteiger partial charge in [-0.05, 0) is 0 Å². The molecule has 0 aliphatic carbocycles. The summed E-state index contributed by atoms with van der Waals surface area (Å²) in [5.74, 6) is 0.422. The summed E-state index contributed by atoms with van der Waals surface area (Å²) in [6.07, 6.45) is 1.62. The molecule has 4 heteroatoms. The van der Waals surface area contributed by atoms with Gasteiger partial charge in [-0.15, -0.1) is 0 Å². The second-order valence-electron chi connectivity index (χ2n) is 1.50. The Morgan fingerprint density at radius 1 is 1.75 bits per heavy atom. The van der Waals surface area contributed by atoms with E-state index in [9.17, 15) is 0 Å². The Kier molecular flexibility index (Phi) is 1.17. The summed E-state index contributed by atoms with van der Waals surface area (Å²) in [5, 5.41) is 0. The molecule has 0 aliphatic heterocycles. The van der Waals surface area contributed by atoms with Crippen LogP contribution in [0.15, 0.2) is 6.20 Å². The molecule has 0 fully saturated rings. The Morgan fingerprint density at radius 2 is 2.50 bits per heavy atom. The van der Waals surface area contributed by atoms with Crippen molar-refractivity contribution in [2.45, 2.75) is 6.54 Å². The zero-order valence-corrected chi connectivity index (χ0v) is 4.39. The Bertz CT molecular complexity index is 168. The smallest absolute Gasteiger partial charge is 0.197 e. The highest BCUT2D eigenvalue weighted by molar-refractivity contribution is 5.17. The van der Waals surface area contributed by atoms with Gasteiger partial charge in [0.25, 0.3) is 0 Å². The van der Waals surface area contributed by atoms with Gasteiger partial charge in [0.1, 0.15) is 0 Å². The summed E-state index contributed by atoms with van der Waals surface area (Å²) in [6, 6.07) is 0. The van der Waals surface area contributed by atoms with Crippen LogP contribution >= 0.6 is 0 Å². The molecule has 4 nitrogen and oxygen atoms in total. The fourth-order valence-electron chi connectivity index (χ4n) is 0.480. The van der Waals surface area contributed by atoms with Crippen LogP contribution in [0.2, 0.25) is 0 Å². The van der Waals surface area contributed by atoms with E-state index < -0.39 is 0 Å². The molecule has 0 spiro atoms. The first-order valence-corrected chi connectivity index (χ1v) is 2.32. The van der Waals surface area contributed by atoms with Crippen LogP contribution < -0.4 is 11.5 Å². The topological polar surface area (TPSA) is 80.7 Å². The van der Waals surface area contributed by atoms with Crippen LogP contribution in [0.1, 0.15) is 5.69 Å². The van der Waals surface area contributed by atoms with Crippen LogP contribution in [0.3, 0.4) is 0 Å². The molecule has 1 aromatic rings. The number of nitrogen functional groups attached to an aromatic ring is 1. The lowest BCUT2D eigenvalue weighted by atomic mass is 10.5. The zero-order chi connectivity index (χ0) is 5.98. The minimum Gasteiger partial charge on any atom is -0.369 e. The minimum absolute atomic E-state index is 0.422. The van der Waals surface area contributed by atoms with Gasteiger partial charge in [-0.1, -0.05) is 0 Å². The van der Waals surface area contributed by atoms with Crippen LogP contribution in [0, 0.1) is 0 Å². The van der Waals surface area contributed by atoms with Crippen molar-refractivity contribution in [3.8, 4) is 0 Å². The van der Waals surface area contributed by atoms with E-state index in [4.69, 9.17) is 11.5 Å². The van der Waals surface area contributed by atoms with Crippen LogP contribution in [-0.4, -0.2) is 9.97 Å². The molecule has 0 aliphatic rings. The molecule has 0 radical (unpaired) electrons. The maximum absolute atomic E-state index is 5.24. The van der Waals surface area contributed by atoms with E-state index >= 15 is 0 Å². The van der Waals surface area contributed by atoms with Gasteiger partial charge < -0.3 is 16.5 Å². The molecule has 1 rings (SSSR count). The molecule has 8 heavy (non-hydrogen) atoms. The monoisotopic (exact) mass is 112 g/mol. The van der Waals surface area contributed by atoms with E-state index in [0.717, 1.165) is 5.69 Å². The summed E-state index contributed by atoms with van der Waals surface area (Å²) in [5.41, 5.74) is 11.3. The van der Waals surface area contributed by atoms with Crippen molar-refractivity contribution < 1.29 is 0 Å². The average molecular weight is 112 g/mol. The summed E-state index contributed by atoms with van der Waals surface area (Å²) >= 11 is 0. The third kappa shape index (κ3) is 0.788. The minimum atomic E-state index is 0.422. The highest BCUT2D eigenvalue weighted by atomic mass is 15.0. The molecule has 0 unspecified atom stereocenters. The zero-order valence-electron chi connectivity index (χ0n) is 4.39. The predicted octanol–water partition coefficient (Wildman–Crippen LogP) is -0.549. The van der Waals surface area contributed by atoms with E-state index in [-0.39, 0.29) is 0 Å². The molecule has 0 amide bonds.